The molecule has 6 heteroatoms. The van der Waals surface area contributed by atoms with E-state index in [-0.39, 0.29) is 18.9 Å². The van der Waals surface area contributed by atoms with Gasteiger partial charge in [-0.05, 0) is 28.8 Å². The van der Waals surface area contributed by atoms with Crippen molar-refractivity contribution in [2.24, 2.45) is 0 Å². The second-order valence-electron chi connectivity index (χ2n) is 6.96. The summed E-state index contributed by atoms with van der Waals surface area (Å²) in [5, 5.41) is 5.19. The molecule has 0 spiro atoms. The molecule has 0 radical (unpaired) electrons. The van der Waals surface area contributed by atoms with Crippen molar-refractivity contribution in [1.82, 2.24) is 10.6 Å². The molecule has 2 N–H and O–H groups in total. The predicted octanol–water partition coefficient (Wildman–Crippen LogP) is 2.98. The van der Waals surface area contributed by atoms with Gasteiger partial charge in [-0.1, -0.05) is 72.8 Å². The van der Waals surface area contributed by atoms with Crippen LogP contribution in [0.4, 0.5) is 0 Å². The minimum absolute atomic E-state index is 0.242. The summed E-state index contributed by atoms with van der Waals surface area (Å²) in [6.07, 6.45) is 0.278. The molecule has 6 nitrogen and oxygen atoms in total. The molecule has 0 saturated heterocycles. The number of hydrogen-bond donors (Lipinski definition) is 2. The lowest BCUT2D eigenvalue weighted by Gasteiger charge is -2.17. The predicted molar refractivity (Wildman–Crippen MR) is 118 cm³/mol. The van der Waals surface area contributed by atoms with Crippen LogP contribution < -0.4 is 10.6 Å². The molecule has 0 aliphatic carbocycles. The Morgan fingerprint density at radius 2 is 1.39 bits per heavy atom. The third kappa shape index (κ3) is 6.27. The van der Waals surface area contributed by atoms with Gasteiger partial charge in [0.25, 0.3) is 5.91 Å². The molecule has 31 heavy (non-hydrogen) atoms. The number of carbonyl (C=O) groups excluding carboxylic acids is 3. The third-order valence-electron chi connectivity index (χ3n) is 4.77. The molecule has 0 bridgehead atoms. The summed E-state index contributed by atoms with van der Waals surface area (Å²) in [6.45, 7) is -0.242. The standard InChI is InChI=1S/C25H24N2O4/c1-31-25(30)22(27-23(28)17-26-24(29)21-10-6-3-7-11-21)16-18-12-14-20(15-13-18)19-8-4-2-5-9-19/h2-15,22H,16-17H2,1H3,(H,26,29)(H,27,28)/t22-/m0/s1. The first-order valence-corrected chi connectivity index (χ1v) is 9.91. The molecule has 3 aromatic carbocycles. The fourth-order valence-corrected chi connectivity index (χ4v) is 3.13. The number of ether oxygens (including phenoxy) is 1. The van der Waals surface area contributed by atoms with Gasteiger partial charge >= 0.3 is 5.97 Å². The summed E-state index contributed by atoms with van der Waals surface area (Å²) < 4.78 is 4.83. The van der Waals surface area contributed by atoms with Crippen molar-refractivity contribution in [3.8, 4) is 11.1 Å². The van der Waals surface area contributed by atoms with Gasteiger partial charge < -0.3 is 15.4 Å². The van der Waals surface area contributed by atoms with Crippen LogP contribution in [0, 0.1) is 0 Å². The van der Waals surface area contributed by atoms with E-state index in [2.05, 4.69) is 10.6 Å². The highest BCUT2D eigenvalue weighted by Crippen LogP contribution is 2.19. The van der Waals surface area contributed by atoms with E-state index in [1.807, 2.05) is 54.6 Å². The molecule has 0 aromatic heterocycles. The van der Waals surface area contributed by atoms with E-state index in [9.17, 15) is 14.4 Å². The van der Waals surface area contributed by atoms with E-state index in [1.165, 1.54) is 7.11 Å². The Hall–Kier alpha value is -3.93. The van der Waals surface area contributed by atoms with Crippen molar-refractivity contribution in [1.29, 1.82) is 0 Å². The van der Waals surface area contributed by atoms with E-state index in [0.717, 1.165) is 16.7 Å². The van der Waals surface area contributed by atoms with Gasteiger partial charge in [0.1, 0.15) is 6.04 Å². The van der Waals surface area contributed by atoms with Crippen LogP contribution in [0.1, 0.15) is 15.9 Å². The zero-order valence-corrected chi connectivity index (χ0v) is 17.2. The van der Waals surface area contributed by atoms with Gasteiger partial charge in [0.05, 0.1) is 13.7 Å². The molecular formula is C25H24N2O4. The van der Waals surface area contributed by atoms with Gasteiger partial charge in [0.15, 0.2) is 0 Å². The van der Waals surface area contributed by atoms with E-state index >= 15 is 0 Å². The molecule has 3 aromatic rings. The Morgan fingerprint density at radius 3 is 2.00 bits per heavy atom. The zero-order chi connectivity index (χ0) is 22.1. The van der Waals surface area contributed by atoms with Crippen LogP contribution in [0.2, 0.25) is 0 Å². The maximum absolute atomic E-state index is 12.3. The van der Waals surface area contributed by atoms with Gasteiger partial charge in [-0.2, -0.15) is 0 Å². The van der Waals surface area contributed by atoms with Crippen molar-refractivity contribution in [2.45, 2.75) is 12.5 Å². The lowest BCUT2D eigenvalue weighted by Crippen LogP contribution is -2.47. The molecule has 1 atom stereocenters. The van der Waals surface area contributed by atoms with Crippen molar-refractivity contribution in [3.05, 3.63) is 96.1 Å². The second-order valence-corrected chi connectivity index (χ2v) is 6.96. The fourth-order valence-electron chi connectivity index (χ4n) is 3.13. The normalized spacial score (nSPS) is 11.3. The largest absolute Gasteiger partial charge is 0.467 e. The molecule has 2 amide bonds. The Balaban J connectivity index is 1.59. The van der Waals surface area contributed by atoms with Crippen LogP contribution in [-0.2, 0) is 20.7 Å². The first-order valence-electron chi connectivity index (χ1n) is 9.91. The van der Waals surface area contributed by atoms with Crippen LogP contribution in [0.3, 0.4) is 0 Å². The van der Waals surface area contributed by atoms with Crippen LogP contribution in [0.25, 0.3) is 11.1 Å². The number of carbonyl (C=O) groups is 3. The Kier molecular flexibility index (Phi) is 7.54. The molecule has 0 aliphatic heterocycles. The van der Waals surface area contributed by atoms with Gasteiger partial charge in [0.2, 0.25) is 5.91 Å². The minimum Gasteiger partial charge on any atom is -0.467 e. The molecule has 0 fully saturated rings. The Labute approximate surface area is 181 Å². The molecule has 158 valence electrons. The molecule has 0 heterocycles. The Bertz CT molecular complexity index is 1020. The maximum atomic E-state index is 12.3. The first-order chi connectivity index (χ1) is 15.1. The smallest absolute Gasteiger partial charge is 0.328 e. The van der Waals surface area contributed by atoms with E-state index < -0.39 is 17.9 Å². The van der Waals surface area contributed by atoms with Gasteiger partial charge in [-0.3, -0.25) is 9.59 Å². The number of esters is 1. The minimum atomic E-state index is -0.853. The number of rotatable bonds is 8. The monoisotopic (exact) mass is 416 g/mol. The van der Waals surface area contributed by atoms with Gasteiger partial charge in [0, 0.05) is 12.0 Å². The number of benzene rings is 3. The van der Waals surface area contributed by atoms with Crippen LogP contribution in [0.5, 0.6) is 0 Å². The van der Waals surface area contributed by atoms with Gasteiger partial charge in [-0.15, -0.1) is 0 Å². The van der Waals surface area contributed by atoms with Crippen LogP contribution in [-0.4, -0.2) is 37.5 Å². The highest BCUT2D eigenvalue weighted by atomic mass is 16.5. The fraction of sp³-hybridized carbons (Fsp3) is 0.160. The van der Waals surface area contributed by atoms with Crippen molar-refractivity contribution in [3.63, 3.8) is 0 Å². The highest BCUT2D eigenvalue weighted by molar-refractivity contribution is 5.96. The van der Waals surface area contributed by atoms with Crippen molar-refractivity contribution in [2.75, 3.05) is 13.7 Å². The number of methoxy groups -OCH3 is 1. The summed E-state index contributed by atoms with van der Waals surface area (Å²) in [4.78, 5) is 36.6. The van der Waals surface area contributed by atoms with Crippen molar-refractivity contribution < 1.29 is 19.1 Å². The lowest BCUT2D eigenvalue weighted by atomic mass is 10.0. The number of hydrogen-bond acceptors (Lipinski definition) is 4. The number of amides is 2. The summed E-state index contributed by atoms with van der Waals surface area (Å²) in [7, 11) is 1.27. The highest BCUT2D eigenvalue weighted by Gasteiger charge is 2.22. The molecule has 3 rings (SSSR count). The third-order valence-corrected chi connectivity index (χ3v) is 4.77. The Morgan fingerprint density at radius 1 is 0.806 bits per heavy atom. The lowest BCUT2D eigenvalue weighted by molar-refractivity contribution is -0.144. The molecule has 0 saturated carbocycles. The van der Waals surface area contributed by atoms with E-state index in [1.54, 1.807) is 30.3 Å². The number of nitrogens with one attached hydrogen (secondary N) is 2. The summed E-state index contributed by atoms with van der Waals surface area (Å²) >= 11 is 0. The second kappa shape index (κ2) is 10.7. The quantitative estimate of drug-likeness (QED) is 0.553. The molecule has 0 aliphatic rings. The van der Waals surface area contributed by atoms with Crippen LogP contribution >= 0.6 is 0 Å². The summed E-state index contributed by atoms with van der Waals surface area (Å²) in [6, 6.07) is 25.5. The average Bonchev–Trinajstić information content (AvgIpc) is 2.83. The van der Waals surface area contributed by atoms with E-state index in [0.29, 0.717) is 5.56 Å². The average molecular weight is 416 g/mol. The molecular weight excluding hydrogens is 392 g/mol. The summed E-state index contributed by atoms with van der Waals surface area (Å²) in [5.74, 6) is -1.38. The maximum Gasteiger partial charge on any atom is 0.328 e. The van der Waals surface area contributed by atoms with Crippen molar-refractivity contribution >= 4 is 17.8 Å². The summed E-state index contributed by atoms with van der Waals surface area (Å²) in [5.41, 5.74) is 3.50. The van der Waals surface area contributed by atoms with E-state index in [4.69, 9.17) is 4.74 Å². The molecule has 0 unspecified atom stereocenters. The van der Waals surface area contributed by atoms with Crippen LogP contribution in [0.15, 0.2) is 84.9 Å². The zero-order valence-electron chi connectivity index (χ0n) is 17.2. The first kappa shape index (κ1) is 21.8. The van der Waals surface area contributed by atoms with Gasteiger partial charge in [-0.25, -0.2) is 4.79 Å². The SMILES string of the molecule is COC(=O)[C@H](Cc1ccc(-c2ccccc2)cc1)NC(=O)CNC(=O)c1ccccc1. The topological polar surface area (TPSA) is 84.5 Å².